The Morgan fingerprint density at radius 3 is 2.66 bits per heavy atom. The van der Waals surface area contributed by atoms with Crippen LogP contribution in [0.3, 0.4) is 0 Å². The predicted molar refractivity (Wildman–Crippen MR) is 144 cm³/mol. The van der Waals surface area contributed by atoms with Crippen molar-refractivity contribution in [2.75, 3.05) is 24.7 Å². The number of rotatable bonds is 11. The van der Waals surface area contributed by atoms with E-state index in [0.29, 0.717) is 19.3 Å². The van der Waals surface area contributed by atoms with Gasteiger partial charge in [-0.3, -0.25) is 14.4 Å². The van der Waals surface area contributed by atoms with Gasteiger partial charge in [-0.1, -0.05) is 44.7 Å². The highest BCUT2D eigenvalue weighted by atomic mass is 16.6. The summed E-state index contributed by atoms with van der Waals surface area (Å²) in [6.07, 6.45) is 4.18. The number of ether oxygens (including phenoxy) is 2. The number of carbonyl (C=O) groups is 3. The average Bonchev–Trinajstić information content (AvgIpc) is 3.53. The van der Waals surface area contributed by atoms with Crippen LogP contribution >= 0.6 is 0 Å². The highest BCUT2D eigenvalue weighted by molar-refractivity contribution is 6.05. The van der Waals surface area contributed by atoms with Crippen LogP contribution < -0.4 is 4.90 Å². The monoisotopic (exact) mass is 524 g/mol. The van der Waals surface area contributed by atoms with Gasteiger partial charge in [0.15, 0.2) is 0 Å². The van der Waals surface area contributed by atoms with Crippen molar-refractivity contribution in [3.8, 4) is 0 Å². The molecular formula is C30H40N2O6. The van der Waals surface area contributed by atoms with Gasteiger partial charge in [0.1, 0.15) is 18.2 Å². The number of carbonyl (C=O) groups excluding carboxylic acids is 3. The summed E-state index contributed by atoms with van der Waals surface area (Å²) in [7, 11) is 0. The fourth-order valence-electron chi connectivity index (χ4n) is 6.68. The van der Waals surface area contributed by atoms with Gasteiger partial charge in [0, 0.05) is 12.2 Å². The van der Waals surface area contributed by atoms with Crippen molar-refractivity contribution in [1.29, 1.82) is 0 Å². The minimum atomic E-state index is -1.17. The standard InChI is InChI=1S/C30H40N2O6/c1-7-13-31(22-16-19(5)9-10-20(22)6)28(35)26-30-12-11-23(38-30)24(29(36)37-14-8-2)25(30)27(34)32(26)21(17-33)15-18(3)4/h7-10,16,18,21,23-26,33H,1-2,11-15,17H2,3-6H3/t21-,23-,24+,25+,26?,30?/m1/s1. The maximum atomic E-state index is 14.6. The quantitative estimate of drug-likeness (QED) is 0.352. The van der Waals surface area contributed by atoms with E-state index in [2.05, 4.69) is 13.2 Å². The highest BCUT2D eigenvalue weighted by Gasteiger charge is 2.75. The van der Waals surface area contributed by atoms with Crippen LogP contribution in [0.4, 0.5) is 5.69 Å². The second-order valence-electron chi connectivity index (χ2n) is 11.2. The molecule has 2 bridgehead atoms. The van der Waals surface area contributed by atoms with E-state index in [1.807, 2.05) is 45.9 Å². The topological polar surface area (TPSA) is 96.4 Å². The molecule has 206 valence electrons. The first kappa shape index (κ1) is 28.0. The molecule has 4 rings (SSSR count). The van der Waals surface area contributed by atoms with Crippen LogP contribution in [0.1, 0.15) is 44.2 Å². The molecular weight excluding hydrogens is 484 g/mol. The van der Waals surface area contributed by atoms with E-state index < -0.39 is 41.6 Å². The first-order chi connectivity index (χ1) is 18.1. The van der Waals surface area contributed by atoms with Crippen LogP contribution in [0.5, 0.6) is 0 Å². The van der Waals surface area contributed by atoms with Crippen molar-refractivity contribution in [2.45, 2.75) is 70.7 Å². The lowest BCUT2D eigenvalue weighted by Crippen LogP contribution is -2.59. The summed E-state index contributed by atoms with van der Waals surface area (Å²) >= 11 is 0. The number of amides is 2. The van der Waals surface area contributed by atoms with Crippen molar-refractivity contribution in [2.24, 2.45) is 17.8 Å². The first-order valence-corrected chi connectivity index (χ1v) is 13.5. The number of hydrogen-bond donors (Lipinski definition) is 1. The van der Waals surface area contributed by atoms with Crippen molar-refractivity contribution in [1.82, 2.24) is 4.90 Å². The van der Waals surface area contributed by atoms with Gasteiger partial charge < -0.3 is 24.4 Å². The Kier molecular flexibility index (Phi) is 8.14. The van der Waals surface area contributed by atoms with Crippen LogP contribution in [0, 0.1) is 31.6 Å². The molecule has 0 saturated carbocycles. The van der Waals surface area contributed by atoms with Crippen molar-refractivity contribution >= 4 is 23.5 Å². The number of esters is 1. The van der Waals surface area contributed by atoms with Crippen molar-refractivity contribution in [3.05, 3.63) is 54.6 Å². The number of benzene rings is 1. The smallest absolute Gasteiger partial charge is 0.312 e. The fraction of sp³-hybridized carbons (Fsp3) is 0.567. The molecule has 2 amide bonds. The first-order valence-electron chi connectivity index (χ1n) is 13.5. The van der Waals surface area contributed by atoms with E-state index in [1.54, 1.807) is 11.0 Å². The summed E-state index contributed by atoms with van der Waals surface area (Å²) in [5, 5.41) is 10.4. The van der Waals surface area contributed by atoms with E-state index in [0.717, 1.165) is 16.8 Å². The number of likely N-dealkylation sites (tertiary alicyclic amines) is 1. The summed E-state index contributed by atoms with van der Waals surface area (Å²) < 4.78 is 11.9. The maximum absolute atomic E-state index is 14.6. The van der Waals surface area contributed by atoms with Crippen LogP contribution in [-0.2, 0) is 23.9 Å². The third kappa shape index (κ3) is 4.58. The number of fused-ring (bicyclic) bond motifs is 1. The number of aryl methyl sites for hydroxylation is 2. The molecule has 3 fully saturated rings. The van der Waals surface area contributed by atoms with E-state index in [9.17, 15) is 19.5 Å². The Morgan fingerprint density at radius 1 is 1.29 bits per heavy atom. The summed E-state index contributed by atoms with van der Waals surface area (Å²) in [6, 6.07) is 4.32. The summed E-state index contributed by atoms with van der Waals surface area (Å²) in [6.45, 7) is 15.4. The Labute approximate surface area is 225 Å². The van der Waals surface area contributed by atoms with Gasteiger partial charge in [0.05, 0.1) is 30.6 Å². The molecule has 1 N–H and O–H groups in total. The lowest BCUT2D eigenvalue weighted by atomic mass is 9.70. The summed E-state index contributed by atoms with van der Waals surface area (Å²) in [5.74, 6) is -2.61. The maximum Gasteiger partial charge on any atom is 0.312 e. The van der Waals surface area contributed by atoms with Gasteiger partial charge in [-0.05, 0) is 56.2 Å². The lowest BCUT2D eigenvalue weighted by Gasteiger charge is -2.40. The van der Waals surface area contributed by atoms with Crippen molar-refractivity contribution in [3.63, 3.8) is 0 Å². The van der Waals surface area contributed by atoms with Gasteiger partial charge in [-0.15, -0.1) is 6.58 Å². The molecule has 0 radical (unpaired) electrons. The molecule has 6 atom stereocenters. The number of anilines is 1. The molecule has 1 spiro atoms. The fourth-order valence-corrected chi connectivity index (χ4v) is 6.68. The SMILES string of the molecule is C=CCOC(=O)[C@@H]1[C@H]2C(=O)N([C@@H](CO)CC(C)C)C(C(=O)N(CC=C)c3cc(C)ccc3C)C23CC[C@H]1O3. The van der Waals surface area contributed by atoms with Crippen LogP contribution in [-0.4, -0.2) is 71.3 Å². The molecule has 0 aliphatic carbocycles. The minimum Gasteiger partial charge on any atom is -0.461 e. The summed E-state index contributed by atoms with van der Waals surface area (Å²) in [5.41, 5.74) is 1.48. The molecule has 8 nitrogen and oxygen atoms in total. The molecule has 3 aliphatic rings. The normalized spacial score (nSPS) is 28.4. The average molecular weight is 525 g/mol. The lowest BCUT2D eigenvalue weighted by molar-refractivity contribution is -0.155. The van der Waals surface area contributed by atoms with Gasteiger partial charge in [-0.2, -0.15) is 0 Å². The number of nitrogens with zero attached hydrogens (tertiary/aromatic N) is 2. The molecule has 0 aromatic heterocycles. The number of aliphatic hydroxyl groups excluding tert-OH is 1. The third-order valence-electron chi connectivity index (χ3n) is 8.17. The molecule has 3 saturated heterocycles. The van der Waals surface area contributed by atoms with Crippen LogP contribution in [0.15, 0.2) is 43.5 Å². The molecule has 3 heterocycles. The van der Waals surface area contributed by atoms with Gasteiger partial charge in [-0.25, -0.2) is 0 Å². The van der Waals surface area contributed by atoms with Crippen molar-refractivity contribution < 1.29 is 29.0 Å². The second-order valence-corrected chi connectivity index (χ2v) is 11.2. The van der Waals surface area contributed by atoms with Gasteiger partial charge in [0.2, 0.25) is 5.91 Å². The number of hydrogen-bond acceptors (Lipinski definition) is 6. The zero-order chi connectivity index (χ0) is 27.8. The second kappa shape index (κ2) is 11.0. The molecule has 1 aromatic carbocycles. The Balaban J connectivity index is 1.83. The molecule has 38 heavy (non-hydrogen) atoms. The third-order valence-corrected chi connectivity index (χ3v) is 8.17. The molecule has 3 aliphatic heterocycles. The van der Waals surface area contributed by atoms with Gasteiger partial charge >= 0.3 is 5.97 Å². The predicted octanol–water partition coefficient (Wildman–Crippen LogP) is 3.33. The zero-order valence-electron chi connectivity index (χ0n) is 22.9. The van der Waals surface area contributed by atoms with Crippen LogP contribution in [0.25, 0.3) is 0 Å². The Morgan fingerprint density at radius 2 is 2.03 bits per heavy atom. The minimum absolute atomic E-state index is 0.0361. The Hall–Kier alpha value is -2.97. The van der Waals surface area contributed by atoms with E-state index >= 15 is 0 Å². The molecule has 2 unspecified atom stereocenters. The molecule has 8 heteroatoms. The largest absolute Gasteiger partial charge is 0.461 e. The summed E-state index contributed by atoms with van der Waals surface area (Å²) in [4.78, 5) is 45.2. The number of aliphatic hydroxyl groups is 1. The Bertz CT molecular complexity index is 1120. The van der Waals surface area contributed by atoms with E-state index in [1.165, 1.54) is 11.0 Å². The highest BCUT2D eigenvalue weighted by Crippen LogP contribution is 2.59. The van der Waals surface area contributed by atoms with E-state index in [4.69, 9.17) is 9.47 Å². The van der Waals surface area contributed by atoms with Crippen LogP contribution in [0.2, 0.25) is 0 Å². The molecule has 1 aromatic rings. The zero-order valence-corrected chi connectivity index (χ0v) is 22.9. The van der Waals surface area contributed by atoms with Gasteiger partial charge in [0.25, 0.3) is 5.91 Å². The van der Waals surface area contributed by atoms with E-state index in [-0.39, 0.29) is 37.5 Å².